The van der Waals surface area contributed by atoms with E-state index in [1.54, 1.807) is 13.8 Å². The number of carbonyl (C=O) groups excluding carboxylic acids is 1. The lowest BCUT2D eigenvalue weighted by atomic mass is 9.92. The maximum atomic E-state index is 11.9. The number of nitrogens with two attached hydrogens (primary N) is 1. The standard InChI is InChI=1S/C11H15ClN4O2/c1-11(2,10(13)16-18)6-15-9(17)7-3-4-14-5-8(7)12/h3-5,18H,6H2,1-2H3,(H2,13,16)(H,15,17). The summed E-state index contributed by atoms with van der Waals surface area (Å²) < 4.78 is 0. The molecule has 0 atom stereocenters. The summed E-state index contributed by atoms with van der Waals surface area (Å²) >= 11 is 5.85. The second-order valence-electron chi connectivity index (χ2n) is 4.41. The van der Waals surface area contributed by atoms with E-state index in [2.05, 4.69) is 15.5 Å². The first-order valence-corrected chi connectivity index (χ1v) is 5.62. The molecule has 1 heterocycles. The van der Waals surface area contributed by atoms with Crippen molar-refractivity contribution < 1.29 is 10.0 Å². The summed E-state index contributed by atoms with van der Waals surface area (Å²) in [5.41, 5.74) is 5.20. The molecule has 98 valence electrons. The Morgan fingerprint density at radius 1 is 1.67 bits per heavy atom. The average Bonchev–Trinajstić information content (AvgIpc) is 2.35. The van der Waals surface area contributed by atoms with Gasteiger partial charge in [-0.2, -0.15) is 0 Å². The number of amides is 1. The topological polar surface area (TPSA) is 101 Å². The molecule has 0 bridgehead atoms. The number of oxime groups is 1. The minimum Gasteiger partial charge on any atom is -0.409 e. The fourth-order valence-electron chi connectivity index (χ4n) is 1.18. The molecule has 0 saturated heterocycles. The van der Waals surface area contributed by atoms with Crippen LogP contribution in [0.15, 0.2) is 23.6 Å². The Morgan fingerprint density at radius 2 is 2.33 bits per heavy atom. The van der Waals surface area contributed by atoms with Crippen LogP contribution >= 0.6 is 11.6 Å². The summed E-state index contributed by atoms with van der Waals surface area (Å²) in [7, 11) is 0. The minimum atomic E-state index is -0.649. The number of hydrogen-bond acceptors (Lipinski definition) is 4. The quantitative estimate of drug-likeness (QED) is 0.332. The van der Waals surface area contributed by atoms with Gasteiger partial charge >= 0.3 is 0 Å². The van der Waals surface area contributed by atoms with E-state index >= 15 is 0 Å². The molecular formula is C11H15ClN4O2. The second kappa shape index (κ2) is 5.68. The average molecular weight is 271 g/mol. The van der Waals surface area contributed by atoms with Gasteiger partial charge in [0.15, 0.2) is 0 Å². The van der Waals surface area contributed by atoms with Gasteiger partial charge in [0, 0.05) is 24.4 Å². The van der Waals surface area contributed by atoms with Gasteiger partial charge in [-0.3, -0.25) is 9.78 Å². The van der Waals surface area contributed by atoms with Gasteiger partial charge in [-0.1, -0.05) is 30.6 Å². The largest absolute Gasteiger partial charge is 0.409 e. The number of halogens is 1. The number of nitrogens with zero attached hydrogens (tertiary/aromatic N) is 2. The van der Waals surface area contributed by atoms with Crippen molar-refractivity contribution >= 4 is 23.3 Å². The molecule has 0 aliphatic carbocycles. The Labute approximate surface area is 110 Å². The highest BCUT2D eigenvalue weighted by Gasteiger charge is 2.24. The molecule has 1 rings (SSSR count). The fraction of sp³-hybridized carbons (Fsp3) is 0.364. The Morgan fingerprint density at radius 3 is 2.89 bits per heavy atom. The van der Waals surface area contributed by atoms with Crippen LogP contribution in [0, 0.1) is 5.41 Å². The zero-order valence-corrected chi connectivity index (χ0v) is 10.9. The van der Waals surface area contributed by atoms with Crippen LogP contribution in [0.3, 0.4) is 0 Å². The van der Waals surface area contributed by atoms with Crippen molar-refractivity contribution in [2.75, 3.05) is 6.54 Å². The molecule has 0 saturated carbocycles. The van der Waals surface area contributed by atoms with Crippen molar-refractivity contribution in [3.05, 3.63) is 29.0 Å². The minimum absolute atomic E-state index is 0.0450. The lowest BCUT2D eigenvalue weighted by molar-refractivity contribution is 0.0944. The highest BCUT2D eigenvalue weighted by Crippen LogP contribution is 2.16. The van der Waals surface area contributed by atoms with Crippen molar-refractivity contribution in [2.45, 2.75) is 13.8 Å². The number of pyridine rings is 1. The van der Waals surface area contributed by atoms with Crippen molar-refractivity contribution in [3.8, 4) is 0 Å². The number of aromatic nitrogens is 1. The summed E-state index contributed by atoms with van der Waals surface area (Å²) in [6, 6.07) is 1.52. The predicted octanol–water partition coefficient (Wildman–Crippen LogP) is 1.24. The van der Waals surface area contributed by atoms with Gasteiger partial charge < -0.3 is 16.3 Å². The van der Waals surface area contributed by atoms with Crippen molar-refractivity contribution in [1.29, 1.82) is 0 Å². The first-order chi connectivity index (χ1) is 8.38. The molecule has 1 amide bonds. The molecular weight excluding hydrogens is 256 g/mol. The summed E-state index contributed by atoms with van der Waals surface area (Å²) in [4.78, 5) is 15.7. The van der Waals surface area contributed by atoms with E-state index in [0.29, 0.717) is 5.56 Å². The molecule has 0 unspecified atom stereocenters. The molecule has 0 radical (unpaired) electrons. The van der Waals surface area contributed by atoms with Crippen LogP contribution in [0.25, 0.3) is 0 Å². The Hall–Kier alpha value is -1.82. The second-order valence-corrected chi connectivity index (χ2v) is 4.81. The number of carbonyl (C=O) groups is 1. The van der Waals surface area contributed by atoms with Gasteiger partial charge in [0.1, 0.15) is 5.84 Å². The van der Waals surface area contributed by atoms with Gasteiger partial charge in [-0.05, 0) is 6.07 Å². The maximum absolute atomic E-state index is 11.9. The van der Waals surface area contributed by atoms with Gasteiger partial charge in [-0.15, -0.1) is 0 Å². The van der Waals surface area contributed by atoms with Gasteiger partial charge in [0.25, 0.3) is 5.91 Å². The molecule has 4 N–H and O–H groups in total. The Balaban J connectivity index is 2.71. The first-order valence-electron chi connectivity index (χ1n) is 5.24. The summed E-state index contributed by atoms with van der Waals surface area (Å²) in [5.74, 6) is -0.287. The van der Waals surface area contributed by atoms with E-state index in [-0.39, 0.29) is 23.3 Å². The monoisotopic (exact) mass is 270 g/mol. The SMILES string of the molecule is CC(C)(CNC(=O)c1ccncc1Cl)/C(N)=N/O. The van der Waals surface area contributed by atoms with Crippen LogP contribution in [0.2, 0.25) is 5.02 Å². The highest BCUT2D eigenvalue weighted by atomic mass is 35.5. The van der Waals surface area contributed by atoms with Crippen LogP contribution in [0.4, 0.5) is 0 Å². The predicted molar refractivity (Wildman–Crippen MR) is 68.8 cm³/mol. The number of rotatable bonds is 4. The molecule has 18 heavy (non-hydrogen) atoms. The van der Waals surface area contributed by atoms with E-state index in [9.17, 15) is 4.79 Å². The first kappa shape index (κ1) is 14.2. The molecule has 0 fully saturated rings. The van der Waals surface area contributed by atoms with Crippen LogP contribution in [-0.2, 0) is 0 Å². The summed E-state index contributed by atoms with van der Waals surface area (Å²) in [6.45, 7) is 3.72. The normalized spacial score (nSPS) is 12.3. The molecule has 1 aromatic rings. The zero-order valence-electron chi connectivity index (χ0n) is 10.1. The van der Waals surface area contributed by atoms with Crippen molar-refractivity contribution in [2.24, 2.45) is 16.3 Å². The number of hydrogen-bond donors (Lipinski definition) is 3. The molecule has 6 nitrogen and oxygen atoms in total. The fourth-order valence-corrected chi connectivity index (χ4v) is 1.39. The molecule has 1 aromatic heterocycles. The third-order valence-electron chi connectivity index (χ3n) is 2.51. The van der Waals surface area contributed by atoms with E-state index in [4.69, 9.17) is 22.5 Å². The zero-order chi connectivity index (χ0) is 13.8. The number of nitrogens with one attached hydrogen (secondary N) is 1. The molecule has 0 aromatic carbocycles. The third-order valence-corrected chi connectivity index (χ3v) is 2.81. The molecule has 0 aliphatic heterocycles. The van der Waals surface area contributed by atoms with Gasteiger partial charge in [0.05, 0.1) is 10.6 Å². The van der Waals surface area contributed by atoms with Gasteiger partial charge in [-0.25, -0.2) is 0 Å². The lowest BCUT2D eigenvalue weighted by Gasteiger charge is -2.23. The van der Waals surface area contributed by atoms with Crippen LogP contribution < -0.4 is 11.1 Å². The molecule has 0 spiro atoms. The Kier molecular flexibility index (Phi) is 4.49. The molecule has 7 heteroatoms. The van der Waals surface area contributed by atoms with Crippen LogP contribution in [0.1, 0.15) is 24.2 Å². The smallest absolute Gasteiger partial charge is 0.252 e. The summed E-state index contributed by atoms with van der Waals surface area (Å²) in [6.07, 6.45) is 2.88. The number of amidine groups is 1. The van der Waals surface area contributed by atoms with Crippen molar-refractivity contribution in [1.82, 2.24) is 10.3 Å². The van der Waals surface area contributed by atoms with Crippen LogP contribution in [0.5, 0.6) is 0 Å². The van der Waals surface area contributed by atoms with E-state index in [1.807, 2.05) is 0 Å². The Bertz CT molecular complexity index is 474. The highest BCUT2D eigenvalue weighted by molar-refractivity contribution is 6.33. The van der Waals surface area contributed by atoms with Gasteiger partial charge in [0.2, 0.25) is 0 Å². The lowest BCUT2D eigenvalue weighted by Crippen LogP contribution is -2.42. The van der Waals surface area contributed by atoms with Crippen molar-refractivity contribution in [3.63, 3.8) is 0 Å². The van der Waals surface area contributed by atoms with E-state index in [0.717, 1.165) is 0 Å². The maximum Gasteiger partial charge on any atom is 0.252 e. The third kappa shape index (κ3) is 3.33. The molecule has 0 aliphatic rings. The van der Waals surface area contributed by atoms with E-state index < -0.39 is 5.41 Å². The van der Waals surface area contributed by atoms with Crippen LogP contribution in [-0.4, -0.2) is 28.5 Å². The van der Waals surface area contributed by atoms with E-state index in [1.165, 1.54) is 18.5 Å². The summed E-state index contributed by atoms with van der Waals surface area (Å²) in [5, 5.41) is 14.5.